The SMILES string of the molecule is C=C(C)C(N)=O.CCCCCCCCCC(=O)O. The van der Waals surface area contributed by atoms with Gasteiger partial charge in [-0.05, 0) is 13.3 Å². The molecule has 4 heteroatoms. The highest BCUT2D eigenvalue weighted by Crippen LogP contribution is 2.07. The van der Waals surface area contributed by atoms with Gasteiger partial charge in [-0.1, -0.05) is 52.0 Å². The highest BCUT2D eigenvalue weighted by molar-refractivity contribution is 5.90. The maximum Gasteiger partial charge on any atom is 0.303 e. The van der Waals surface area contributed by atoms with Crippen LogP contribution in [-0.4, -0.2) is 17.0 Å². The molecule has 106 valence electrons. The molecule has 0 fully saturated rings. The molecule has 0 spiro atoms. The van der Waals surface area contributed by atoms with E-state index < -0.39 is 11.9 Å². The Morgan fingerprint density at radius 2 is 1.44 bits per heavy atom. The molecule has 0 radical (unpaired) electrons. The standard InChI is InChI=1S/C10H20O2.C4H7NO/c1-2-3-4-5-6-7-8-9-10(11)12;1-3(2)4(5)6/h2-9H2,1H3,(H,11,12);1H2,2H3,(H2,5,6). The number of carbonyl (C=O) groups is 2. The van der Waals surface area contributed by atoms with Crippen LogP contribution in [0.1, 0.15) is 65.2 Å². The molecule has 0 bridgehead atoms. The van der Waals surface area contributed by atoms with E-state index in [2.05, 4.69) is 13.5 Å². The second-order valence-electron chi connectivity index (χ2n) is 4.41. The molecule has 0 aliphatic heterocycles. The molecule has 0 aliphatic carbocycles. The van der Waals surface area contributed by atoms with Crippen LogP contribution in [0, 0.1) is 0 Å². The summed E-state index contributed by atoms with van der Waals surface area (Å²) in [5.74, 6) is -1.10. The van der Waals surface area contributed by atoms with Crippen molar-refractivity contribution in [1.29, 1.82) is 0 Å². The highest BCUT2D eigenvalue weighted by atomic mass is 16.4. The monoisotopic (exact) mass is 257 g/mol. The Hall–Kier alpha value is -1.32. The zero-order chi connectivity index (χ0) is 14.4. The number of hydrogen-bond acceptors (Lipinski definition) is 2. The largest absolute Gasteiger partial charge is 0.481 e. The van der Waals surface area contributed by atoms with E-state index in [4.69, 9.17) is 10.8 Å². The van der Waals surface area contributed by atoms with Crippen LogP contribution < -0.4 is 5.73 Å². The summed E-state index contributed by atoms with van der Waals surface area (Å²) in [7, 11) is 0. The van der Waals surface area contributed by atoms with Gasteiger partial charge in [0.05, 0.1) is 0 Å². The van der Waals surface area contributed by atoms with Gasteiger partial charge >= 0.3 is 5.97 Å². The van der Waals surface area contributed by atoms with E-state index in [1.807, 2.05) is 0 Å². The van der Waals surface area contributed by atoms with E-state index in [-0.39, 0.29) is 0 Å². The van der Waals surface area contributed by atoms with Crippen LogP contribution in [0.25, 0.3) is 0 Å². The molecule has 0 aliphatic rings. The minimum Gasteiger partial charge on any atom is -0.481 e. The quantitative estimate of drug-likeness (QED) is 0.491. The fourth-order valence-electron chi connectivity index (χ4n) is 1.23. The number of carboxylic acids is 1. The molecule has 4 nitrogen and oxygen atoms in total. The van der Waals surface area contributed by atoms with Crippen LogP contribution in [-0.2, 0) is 9.59 Å². The van der Waals surface area contributed by atoms with Gasteiger partial charge in [-0.2, -0.15) is 0 Å². The van der Waals surface area contributed by atoms with Gasteiger partial charge in [0.2, 0.25) is 5.91 Å². The van der Waals surface area contributed by atoms with E-state index in [1.54, 1.807) is 6.92 Å². The zero-order valence-electron chi connectivity index (χ0n) is 11.7. The van der Waals surface area contributed by atoms with Gasteiger partial charge in [0.15, 0.2) is 0 Å². The molecule has 0 atom stereocenters. The number of unbranched alkanes of at least 4 members (excludes halogenated alkanes) is 6. The van der Waals surface area contributed by atoms with Crippen LogP contribution in [0.3, 0.4) is 0 Å². The maximum absolute atomic E-state index is 10.1. The number of primary amides is 1. The van der Waals surface area contributed by atoms with Crippen molar-refractivity contribution in [3.63, 3.8) is 0 Å². The average molecular weight is 257 g/mol. The normalized spacial score (nSPS) is 9.22. The highest BCUT2D eigenvalue weighted by Gasteiger charge is 1.95. The second-order valence-corrected chi connectivity index (χ2v) is 4.41. The van der Waals surface area contributed by atoms with Crippen molar-refractivity contribution in [3.8, 4) is 0 Å². The zero-order valence-corrected chi connectivity index (χ0v) is 11.7. The molecule has 0 unspecified atom stereocenters. The topological polar surface area (TPSA) is 80.4 Å². The number of rotatable bonds is 9. The van der Waals surface area contributed by atoms with Crippen molar-refractivity contribution in [2.45, 2.75) is 65.2 Å². The van der Waals surface area contributed by atoms with Gasteiger partial charge < -0.3 is 10.8 Å². The Morgan fingerprint density at radius 1 is 1.06 bits per heavy atom. The number of carbonyl (C=O) groups excluding carboxylic acids is 1. The summed E-state index contributed by atoms with van der Waals surface area (Å²) in [6.07, 6.45) is 8.64. The number of carboxylic acid groups (broad SMARTS) is 1. The minimum absolute atomic E-state index is 0.341. The summed E-state index contributed by atoms with van der Waals surface area (Å²) >= 11 is 0. The first kappa shape index (κ1) is 19.0. The smallest absolute Gasteiger partial charge is 0.303 e. The van der Waals surface area contributed by atoms with Crippen molar-refractivity contribution < 1.29 is 14.7 Å². The lowest BCUT2D eigenvalue weighted by molar-refractivity contribution is -0.137. The summed E-state index contributed by atoms with van der Waals surface area (Å²) in [6.45, 7) is 7.05. The lowest BCUT2D eigenvalue weighted by Gasteiger charge is -1.98. The van der Waals surface area contributed by atoms with E-state index in [0.717, 1.165) is 12.8 Å². The molecule has 0 heterocycles. The third-order valence-corrected chi connectivity index (χ3v) is 2.41. The number of nitrogens with two attached hydrogens (primary N) is 1. The van der Waals surface area contributed by atoms with Crippen LogP contribution in [0.4, 0.5) is 0 Å². The van der Waals surface area contributed by atoms with Gasteiger partial charge in [0, 0.05) is 12.0 Å². The first-order valence-corrected chi connectivity index (χ1v) is 6.58. The number of aliphatic carboxylic acids is 1. The van der Waals surface area contributed by atoms with Crippen LogP contribution in [0.15, 0.2) is 12.2 Å². The Morgan fingerprint density at radius 3 is 1.78 bits per heavy atom. The van der Waals surface area contributed by atoms with Gasteiger partial charge in [-0.3, -0.25) is 9.59 Å². The number of hydrogen-bond donors (Lipinski definition) is 2. The van der Waals surface area contributed by atoms with E-state index in [1.165, 1.54) is 32.1 Å². The Labute approximate surface area is 110 Å². The predicted molar refractivity (Wildman–Crippen MR) is 74.3 cm³/mol. The third-order valence-electron chi connectivity index (χ3n) is 2.41. The Bertz CT molecular complexity index is 237. The summed E-state index contributed by atoms with van der Waals surface area (Å²) in [5, 5.41) is 8.35. The molecular weight excluding hydrogens is 230 g/mol. The summed E-state index contributed by atoms with van der Waals surface area (Å²) in [5.41, 5.74) is 5.09. The third kappa shape index (κ3) is 20.1. The molecule has 1 amide bonds. The van der Waals surface area contributed by atoms with Crippen molar-refractivity contribution in [2.24, 2.45) is 5.73 Å². The van der Waals surface area contributed by atoms with Crippen molar-refractivity contribution in [2.75, 3.05) is 0 Å². The lowest BCUT2D eigenvalue weighted by Crippen LogP contribution is -2.10. The second kappa shape index (κ2) is 13.7. The fourth-order valence-corrected chi connectivity index (χ4v) is 1.23. The molecular formula is C14H27NO3. The molecule has 0 aromatic rings. The Kier molecular flexibility index (Phi) is 14.5. The molecule has 0 aromatic carbocycles. The molecule has 18 heavy (non-hydrogen) atoms. The summed E-state index contributed by atoms with van der Waals surface area (Å²) in [6, 6.07) is 0. The van der Waals surface area contributed by atoms with Crippen LogP contribution >= 0.6 is 0 Å². The molecule has 0 aromatic heterocycles. The van der Waals surface area contributed by atoms with Gasteiger partial charge in [-0.15, -0.1) is 0 Å². The fraction of sp³-hybridized carbons (Fsp3) is 0.714. The Balaban J connectivity index is 0. The lowest BCUT2D eigenvalue weighted by atomic mass is 10.1. The summed E-state index contributed by atoms with van der Waals surface area (Å²) < 4.78 is 0. The van der Waals surface area contributed by atoms with Gasteiger partial charge in [-0.25, -0.2) is 0 Å². The first-order chi connectivity index (χ1) is 8.41. The predicted octanol–water partition coefficient (Wildman–Crippen LogP) is 3.26. The van der Waals surface area contributed by atoms with Crippen molar-refractivity contribution >= 4 is 11.9 Å². The van der Waals surface area contributed by atoms with E-state index in [0.29, 0.717) is 12.0 Å². The first-order valence-electron chi connectivity index (χ1n) is 6.58. The summed E-state index contributed by atoms with van der Waals surface area (Å²) in [4.78, 5) is 20.0. The van der Waals surface area contributed by atoms with Crippen molar-refractivity contribution in [3.05, 3.63) is 12.2 Å². The minimum atomic E-state index is -0.663. The van der Waals surface area contributed by atoms with Crippen LogP contribution in [0.5, 0.6) is 0 Å². The molecule has 3 N–H and O–H groups in total. The average Bonchev–Trinajstić information content (AvgIpc) is 2.28. The van der Waals surface area contributed by atoms with Crippen LogP contribution in [0.2, 0.25) is 0 Å². The molecule has 0 rings (SSSR count). The number of amides is 1. The molecule has 0 saturated heterocycles. The maximum atomic E-state index is 10.1. The van der Waals surface area contributed by atoms with Crippen molar-refractivity contribution in [1.82, 2.24) is 0 Å². The van der Waals surface area contributed by atoms with E-state index in [9.17, 15) is 9.59 Å². The molecule has 0 saturated carbocycles. The van der Waals surface area contributed by atoms with Gasteiger partial charge in [0.1, 0.15) is 0 Å². The van der Waals surface area contributed by atoms with Gasteiger partial charge in [0.25, 0.3) is 0 Å². The van der Waals surface area contributed by atoms with E-state index >= 15 is 0 Å².